The largest absolute Gasteiger partial charge is 0.309 e. The topological polar surface area (TPSA) is 15.3 Å². The molecule has 2 nitrogen and oxygen atoms in total. The Hall–Kier alpha value is -0.930. The van der Waals surface area contributed by atoms with Gasteiger partial charge in [-0.05, 0) is 45.0 Å². The molecule has 0 amide bonds. The standard InChI is InChI=1S/C15H25FN2/c1-5-12(2)18(4)11-10-17-13(3)14-6-8-15(16)9-7-14/h6-9,12-13,17H,5,10-11H2,1-4H3. The lowest BCUT2D eigenvalue weighted by Gasteiger charge is -2.24. The number of benzene rings is 1. The van der Waals surface area contributed by atoms with Crippen LogP contribution in [0.25, 0.3) is 0 Å². The second kappa shape index (κ2) is 7.49. The Morgan fingerprint density at radius 1 is 1.22 bits per heavy atom. The third-order valence-corrected chi connectivity index (χ3v) is 3.63. The van der Waals surface area contributed by atoms with E-state index in [0.29, 0.717) is 6.04 Å². The number of hydrogen-bond donors (Lipinski definition) is 1. The summed E-state index contributed by atoms with van der Waals surface area (Å²) in [5.41, 5.74) is 1.13. The van der Waals surface area contributed by atoms with Gasteiger partial charge in [-0.3, -0.25) is 0 Å². The Morgan fingerprint density at radius 2 is 1.83 bits per heavy atom. The Kier molecular flexibility index (Phi) is 6.30. The summed E-state index contributed by atoms with van der Waals surface area (Å²) >= 11 is 0. The maximum atomic E-state index is 12.8. The highest BCUT2D eigenvalue weighted by atomic mass is 19.1. The van der Waals surface area contributed by atoms with Crippen molar-refractivity contribution in [1.82, 2.24) is 10.2 Å². The molecule has 0 saturated heterocycles. The third-order valence-electron chi connectivity index (χ3n) is 3.63. The number of halogens is 1. The molecule has 3 heteroatoms. The first-order chi connectivity index (χ1) is 8.54. The lowest BCUT2D eigenvalue weighted by Crippen LogP contribution is -2.35. The SMILES string of the molecule is CCC(C)N(C)CCNC(C)c1ccc(F)cc1. The van der Waals surface area contributed by atoms with Gasteiger partial charge in [0.25, 0.3) is 0 Å². The molecule has 0 aromatic heterocycles. The van der Waals surface area contributed by atoms with Gasteiger partial charge in [0.05, 0.1) is 0 Å². The van der Waals surface area contributed by atoms with Crippen molar-refractivity contribution in [2.75, 3.05) is 20.1 Å². The van der Waals surface area contributed by atoms with E-state index in [1.165, 1.54) is 18.6 Å². The average molecular weight is 252 g/mol. The molecule has 0 heterocycles. The number of likely N-dealkylation sites (N-methyl/N-ethyl adjacent to an activating group) is 1. The molecular weight excluding hydrogens is 227 g/mol. The zero-order valence-corrected chi connectivity index (χ0v) is 11.9. The van der Waals surface area contributed by atoms with Crippen LogP contribution in [0, 0.1) is 5.82 Å². The van der Waals surface area contributed by atoms with Gasteiger partial charge in [-0.25, -0.2) is 4.39 Å². The molecule has 1 aromatic carbocycles. The highest BCUT2D eigenvalue weighted by Gasteiger charge is 2.08. The average Bonchev–Trinajstić information content (AvgIpc) is 2.38. The summed E-state index contributed by atoms with van der Waals surface area (Å²) in [4.78, 5) is 2.35. The molecule has 102 valence electrons. The lowest BCUT2D eigenvalue weighted by molar-refractivity contribution is 0.249. The second-order valence-electron chi connectivity index (χ2n) is 4.97. The fourth-order valence-electron chi connectivity index (χ4n) is 1.86. The van der Waals surface area contributed by atoms with Crippen LogP contribution in [-0.4, -0.2) is 31.1 Å². The predicted octanol–water partition coefficient (Wildman–Crippen LogP) is 3.21. The predicted molar refractivity (Wildman–Crippen MR) is 75.2 cm³/mol. The van der Waals surface area contributed by atoms with E-state index in [1.54, 1.807) is 0 Å². The molecule has 0 fully saturated rings. The van der Waals surface area contributed by atoms with E-state index in [2.05, 4.69) is 38.0 Å². The van der Waals surface area contributed by atoms with Crippen LogP contribution in [0.3, 0.4) is 0 Å². The number of nitrogens with one attached hydrogen (secondary N) is 1. The first-order valence-electron chi connectivity index (χ1n) is 6.73. The van der Waals surface area contributed by atoms with Crippen molar-refractivity contribution in [1.29, 1.82) is 0 Å². The van der Waals surface area contributed by atoms with E-state index >= 15 is 0 Å². The van der Waals surface area contributed by atoms with Crippen molar-refractivity contribution in [3.63, 3.8) is 0 Å². The highest BCUT2D eigenvalue weighted by Crippen LogP contribution is 2.12. The van der Waals surface area contributed by atoms with Gasteiger partial charge in [0, 0.05) is 25.2 Å². The zero-order valence-electron chi connectivity index (χ0n) is 11.9. The number of hydrogen-bond acceptors (Lipinski definition) is 2. The fourth-order valence-corrected chi connectivity index (χ4v) is 1.86. The first kappa shape index (κ1) is 15.1. The minimum Gasteiger partial charge on any atom is -0.309 e. The van der Waals surface area contributed by atoms with Gasteiger partial charge in [-0.15, -0.1) is 0 Å². The maximum Gasteiger partial charge on any atom is 0.123 e. The van der Waals surface area contributed by atoms with Crippen LogP contribution in [-0.2, 0) is 0 Å². The fraction of sp³-hybridized carbons (Fsp3) is 0.600. The van der Waals surface area contributed by atoms with Crippen molar-refractivity contribution < 1.29 is 4.39 Å². The van der Waals surface area contributed by atoms with Gasteiger partial charge < -0.3 is 10.2 Å². The molecule has 0 radical (unpaired) electrons. The molecule has 1 rings (SSSR count). The van der Waals surface area contributed by atoms with Crippen LogP contribution in [0.15, 0.2) is 24.3 Å². The Bertz CT molecular complexity index is 337. The third kappa shape index (κ3) is 4.75. The molecule has 2 unspecified atom stereocenters. The minimum absolute atomic E-state index is 0.178. The van der Waals surface area contributed by atoms with Crippen LogP contribution in [0.5, 0.6) is 0 Å². The molecule has 1 N–H and O–H groups in total. The van der Waals surface area contributed by atoms with Crippen molar-refractivity contribution in [3.8, 4) is 0 Å². The summed E-state index contributed by atoms with van der Waals surface area (Å²) in [6, 6.07) is 7.58. The molecule has 2 atom stereocenters. The highest BCUT2D eigenvalue weighted by molar-refractivity contribution is 5.19. The minimum atomic E-state index is -0.178. The van der Waals surface area contributed by atoms with Crippen LogP contribution in [0.4, 0.5) is 4.39 Å². The smallest absolute Gasteiger partial charge is 0.123 e. The molecule has 0 saturated carbocycles. The molecule has 0 spiro atoms. The van der Waals surface area contributed by atoms with Crippen molar-refractivity contribution in [3.05, 3.63) is 35.6 Å². The molecule has 1 aromatic rings. The van der Waals surface area contributed by atoms with E-state index in [9.17, 15) is 4.39 Å². The van der Waals surface area contributed by atoms with Crippen molar-refractivity contribution in [2.45, 2.75) is 39.3 Å². The lowest BCUT2D eigenvalue weighted by atomic mass is 10.1. The van der Waals surface area contributed by atoms with E-state index in [4.69, 9.17) is 0 Å². The molecule has 0 aliphatic carbocycles. The van der Waals surface area contributed by atoms with E-state index in [0.717, 1.165) is 18.7 Å². The van der Waals surface area contributed by atoms with Gasteiger partial charge in [0.2, 0.25) is 0 Å². The van der Waals surface area contributed by atoms with Crippen molar-refractivity contribution >= 4 is 0 Å². The van der Waals surface area contributed by atoms with Crippen LogP contribution in [0.1, 0.15) is 38.8 Å². The number of nitrogens with zero attached hydrogens (tertiary/aromatic N) is 1. The van der Waals surface area contributed by atoms with Gasteiger partial charge in [0.1, 0.15) is 5.82 Å². The summed E-state index contributed by atoms with van der Waals surface area (Å²) in [5.74, 6) is -0.178. The van der Waals surface area contributed by atoms with Gasteiger partial charge in [-0.2, -0.15) is 0 Å². The second-order valence-corrected chi connectivity index (χ2v) is 4.97. The summed E-state index contributed by atoms with van der Waals surface area (Å²) in [7, 11) is 2.15. The Morgan fingerprint density at radius 3 is 2.39 bits per heavy atom. The summed E-state index contributed by atoms with van der Waals surface area (Å²) < 4.78 is 12.8. The molecule has 0 aliphatic rings. The van der Waals surface area contributed by atoms with Crippen LogP contribution in [0.2, 0.25) is 0 Å². The van der Waals surface area contributed by atoms with Crippen LogP contribution < -0.4 is 5.32 Å². The first-order valence-corrected chi connectivity index (χ1v) is 6.73. The van der Waals surface area contributed by atoms with E-state index in [-0.39, 0.29) is 11.9 Å². The Labute approximate surface area is 110 Å². The monoisotopic (exact) mass is 252 g/mol. The summed E-state index contributed by atoms with van der Waals surface area (Å²) in [6.07, 6.45) is 1.17. The van der Waals surface area contributed by atoms with Crippen LogP contribution >= 0.6 is 0 Å². The zero-order chi connectivity index (χ0) is 13.5. The molecular formula is C15H25FN2. The quantitative estimate of drug-likeness (QED) is 0.801. The van der Waals surface area contributed by atoms with E-state index < -0.39 is 0 Å². The summed E-state index contributed by atoms with van der Waals surface area (Å²) in [6.45, 7) is 8.52. The van der Waals surface area contributed by atoms with Gasteiger partial charge in [-0.1, -0.05) is 19.1 Å². The number of rotatable bonds is 7. The van der Waals surface area contributed by atoms with Gasteiger partial charge >= 0.3 is 0 Å². The van der Waals surface area contributed by atoms with E-state index in [1.807, 2.05) is 12.1 Å². The summed E-state index contributed by atoms with van der Waals surface area (Å²) in [5, 5.41) is 3.46. The maximum absolute atomic E-state index is 12.8. The van der Waals surface area contributed by atoms with Crippen molar-refractivity contribution in [2.24, 2.45) is 0 Å². The molecule has 0 aliphatic heterocycles. The normalized spacial score (nSPS) is 14.8. The van der Waals surface area contributed by atoms with Gasteiger partial charge in [0.15, 0.2) is 0 Å². The Balaban J connectivity index is 2.33. The molecule has 18 heavy (non-hydrogen) atoms. The molecule has 0 bridgehead atoms.